The van der Waals surface area contributed by atoms with Gasteiger partial charge < -0.3 is 11.1 Å². The number of aromatic nitrogens is 1. The Labute approximate surface area is 120 Å². The summed E-state index contributed by atoms with van der Waals surface area (Å²) in [6.45, 7) is 1.71. The summed E-state index contributed by atoms with van der Waals surface area (Å²) in [5.41, 5.74) is 6.96. The smallest absolute Gasteiger partial charge is 0.274 e. The summed E-state index contributed by atoms with van der Waals surface area (Å²) in [7, 11) is 0. The monoisotopic (exact) mass is 289 g/mol. The summed E-state index contributed by atoms with van der Waals surface area (Å²) in [5, 5.41) is 2.50. The van der Waals surface area contributed by atoms with Crippen molar-refractivity contribution >= 4 is 28.8 Å². The Hall–Kier alpha value is -2.34. The van der Waals surface area contributed by atoms with Gasteiger partial charge in [0.2, 0.25) is 0 Å². The molecule has 3 N–H and O–H groups in total. The number of pyridine rings is 1. The number of nitrogens with two attached hydrogens (primary N) is 1. The molecule has 2 rings (SSSR count). The van der Waals surface area contributed by atoms with Crippen LogP contribution in [0.5, 0.6) is 0 Å². The highest BCUT2D eigenvalue weighted by Gasteiger charge is 2.12. The number of carbonyl (C=O) groups is 1. The van der Waals surface area contributed by atoms with Gasteiger partial charge in [0.05, 0.1) is 5.69 Å². The van der Waals surface area contributed by atoms with Gasteiger partial charge in [-0.1, -0.05) is 24.4 Å². The quantitative estimate of drug-likeness (QED) is 0.852. The number of hydrogen-bond acceptors (Lipinski definition) is 3. The molecule has 0 saturated heterocycles. The van der Waals surface area contributed by atoms with Gasteiger partial charge >= 0.3 is 0 Å². The normalized spacial score (nSPS) is 10.1. The van der Waals surface area contributed by atoms with Gasteiger partial charge in [-0.25, -0.2) is 4.39 Å². The van der Waals surface area contributed by atoms with Crippen LogP contribution in [-0.4, -0.2) is 15.9 Å². The molecule has 4 nitrogen and oxygen atoms in total. The zero-order valence-corrected chi connectivity index (χ0v) is 11.5. The molecule has 20 heavy (non-hydrogen) atoms. The van der Waals surface area contributed by atoms with Crippen molar-refractivity contribution in [2.75, 3.05) is 5.32 Å². The third kappa shape index (κ3) is 2.97. The number of anilines is 1. The van der Waals surface area contributed by atoms with Gasteiger partial charge in [-0.3, -0.25) is 9.78 Å². The molecule has 0 saturated carbocycles. The molecule has 1 aromatic heterocycles. The van der Waals surface area contributed by atoms with E-state index in [0.29, 0.717) is 11.1 Å². The zero-order valence-electron chi connectivity index (χ0n) is 10.7. The van der Waals surface area contributed by atoms with Gasteiger partial charge in [0.25, 0.3) is 5.91 Å². The van der Waals surface area contributed by atoms with Crippen molar-refractivity contribution in [2.45, 2.75) is 6.92 Å². The topological polar surface area (TPSA) is 68.0 Å². The summed E-state index contributed by atoms with van der Waals surface area (Å²) in [5.74, 6) is -0.981. The van der Waals surface area contributed by atoms with Crippen molar-refractivity contribution in [2.24, 2.45) is 5.73 Å². The van der Waals surface area contributed by atoms with Crippen LogP contribution in [-0.2, 0) is 0 Å². The average molecular weight is 289 g/mol. The minimum absolute atomic E-state index is 0.151. The van der Waals surface area contributed by atoms with Gasteiger partial charge in [-0.05, 0) is 30.7 Å². The van der Waals surface area contributed by atoms with Crippen LogP contribution in [0.25, 0.3) is 0 Å². The number of amides is 1. The first-order chi connectivity index (χ1) is 9.49. The molecule has 1 heterocycles. The number of halogens is 1. The van der Waals surface area contributed by atoms with Crippen LogP contribution in [0.3, 0.4) is 0 Å². The Morgan fingerprint density at radius 3 is 2.65 bits per heavy atom. The summed E-state index contributed by atoms with van der Waals surface area (Å²) >= 11 is 4.80. The summed E-state index contributed by atoms with van der Waals surface area (Å²) in [4.78, 5) is 16.2. The van der Waals surface area contributed by atoms with Crippen molar-refractivity contribution in [1.29, 1.82) is 0 Å². The maximum Gasteiger partial charge on any atom is 0.274 e. The molecule has 0 aliphatic heterocycles. The maximum atomic E-state index is 13.6. The lowest BCUT2D eigenvalue weighted by atomic mass is 10.2. The SMILES string of the molecule is Cc1cccc(F)c1NC(=O)c1ccc(C(N)=S)cn1. The van der Waals surface area contributed by atoms with Crippen molar-refractivity contribution in [1.82, 2.24) is 4.98 Å². The van der Waals surface area contributed by atoms with Crippen molar-refractivity contribution in [3.8, 4) is 0 Å². The van der Waals surface area contributed by atoms with E-state index in [-0.39, 0.29) is 16.4 Å². The van der Waals surface area contributed by atoms with Crippen LogP contribution in [0, 0.1) is 12.7 Å². The Bertz CT molecular complexity index is 650. The Morgan fingerprint density at radius 2 is 2.10 bits per heavy atom. The molecule has 102 valence electrons. The second kappa shape index (κ2) is 5.75. The molecule has 0 aliphatic carbocycles. The number of benzene rings is 1. The Kier molecular flexibility index (Phi) is 4.05. The average Bonchev–Trinajstić information content (AvgIpc) is 2.43. The first-order valence-electron chi connectivity index (χ1n) is 5.81. The molecule has 2 aromatic rings. The molecule has 6 heteroatoms. The standard InChI is InChI=1S/C14H12FN3OS/c1-8-3-2-4-10(15)12(8)18-14(19)11-6-5-9(7-17-11)13(16)20/h2-7H,1H3,(H2,16,20)(H,18,19). The van der Waals surface area contributed by atoms with Crippen molar-refractivity contribution in [3.05, 3.63) is 59.2 Å². The van der Waals surface area contributed by atoms with Crippen molar-refractivity contribution in [3.63, 3.8) is 0 Å². The number of rotatable bonds is 3. The van der Waals surface area contributed by atoms with E-state index in [9.17, 15) is 9.18 Å². The Morgan fingerprint density at radius 1 is 1.35 bits per heavy atom. The second-order valence-corrected chi connectivity index (χ2v) is 4.62. The highest BCUT2D eigenvalue weighted by atomic mass is 32.1. The predicted molar refractivity (Wildman–Crippen MR) is 79.2 cm³/mol. The molecule has 0 spiro atoms. The molecule has 0 aliphatic rings. The fourth-order valence-corrected chi connectivity index (χ4v) is 1.76. The Balaban J connectivity index is 2.22. The van der Waals surface area contributed by atoms with E-state index in [0.717, 1.165) is 0 Å². The predicted octanol–water partition coefficient (Wildman–Crippen LogP) is 2.42. The van der Waals surface area contributed by atoms with Gasteiger partial charge in [0, 0.05) is 11.8 Å². The van der Waals surface area contributed by atoms with Crippen LogP contribution in [0.4, 0.5) is 10.1 Å². The highest BCUT2D eigenvalue weighted by molar-refractivity contribution is 7.80. The van der Waals surface area contributed by atoms with E-state index in [2.05, 4.69) is 10.3 Å². The second-order valence-electron chi connectivity index (χ2n) is 4.18. The first-order valence-corrected chi connectivity index (χ1v) is 6.22. The molecule has 0 unspecified atom stereocenters. The zero-order chi connectivity index (χ0) is 14.7. The number of nitrogens with zero attached hydrogens (tertiary/aromatic N) is 1. The fraction of sp³-hybridized carbons (Fsp3) is 0.0714. The van der Waals surface area contributed by atoms with E-state index in [1.165, 1.54) is 18.3 Å². The van der Waals surface area contributed by atoms with Gasteiger partial charge in [0.1, 0.15) is 16.5 Å². The third-order valence-corrected chi connectivity index (χ3v) is 2.98. The van der Waals surface area contributed by atoms with Crippen LogP contribution < -0.4 is 11.1 Å². The third-order valence-electron chi connectivity index (χ3n) is 2.74. The minimum atomic E-state index is -0.493. The van der Waals surface area contributed by atoms with Crippen LogP contribution in [0.1, 0.15) is 21.6 Å². The molecule has 0 fully saturated rings. The summed E-state index contributed by atoms with van der Waals surface area (Å²) < 4.78 is 13.6. The van der Waals surface area contributed by atoms with Crippen LogP contribution >= 0.6 is 12.2 Å². The van der Waals surface area contributed by atoms with E-state index >= 15 is 0 Å². The summed E-state index contributed by atoms with van der Waals surface area (Å²) in [6, 6.07) is 7.65. The highest BCUT2D eigenvalue weighted by Crippen LogP contribution is 2.19. The van der Waals surface area contributed by atoms with E-state index in [4.69, 9.17) is 18.0 Å². The minimum Gasteiger partial charge on any atom is -0.389 e. The van der Waals surface area contributed by atoms with Crippen LogP contribution in [0.2, 0.25) is 0 Å². The lowest BCUT2D eigenvalue weighted by molar-refractivity contribution is 0.102. The molecule has 1 aromatic carbocycles. The molecule has 0 atom stereocenters. The first kappa shape index (κ1) is 14.1. The number of hydrogen-bond donors (Lipinski definition) is 2. The fourth-order valence-electron chi connectivity index (χ4n) is 1.64. The van der Waals surface area contributed by atoms with E-state index in [1.54, 1.807) is 25.1 Å². The molecule has 0 bridgehead atoms. The molecular formula is C14H12FN3OS. The van der Waals surface area contributed by atoms with Gasteiger partial charge in [-0.15, -0.1) is 0 Å². The van der Waals surface area contributed by atoms with E-state index < -0.39 is 11.7 Å². The number of aryl methyl sites for hydroxylation is 1. The molecular weight excluding hydrogens is 277 g/mol. The lowest BCUT2D eigenvalue weighted by Gasteiger charge is -2.09. The van der Waals surface area contributed by atoms with Crippen LogP contribution in [0.15, 0.2) is 36.5 Å². The molecule has 0 radical (unpaired) electrons. The number of nitrogens with one attached hydrogen (secondary N) is 1. The van der Waals surface area contributed by atoms with Gasteiger partial charge in [-0.2, -0.15) is 0 Å². The molecule has 1 amide bonds. The number of thiocarbonyl (C=S) groups is 1. The summed E-state index contributed by atoms with van der Waals surface area (Å²) in [6.07, 6.45) is 1.41. The number of carbonyl (C=O) groups excluding carboxylic acids is 1. The van der Waals surface area contributed by atoms with Gasteiger partial charge in [0.15, 0.2) is 0 Å². The number of para-hydroxylation sites is 1. The largest absolute Gasteiger partial charge is 0.389 e. The lowest BCUT2D eigenvalue weighted by Crippen LogP contribution is -2.16. The maximum absolute atomic E-state index is 13.6. The van der Waals surface area contributed by atoms with E-state index in [1.807, 2.05) is 0 Å². The van der Waals surface area contributed by atoms with Crippen molar-refractivity contribution < 1.29 is 9.18 Å².